The van der Waals surface area contributed by atoms with Gasteiger partial charge in [-0.2, -0.15) is 5.10 Å². The van der Waals surface area contributed by atoms with Gasteiger partial charge in [-0.1, -0.05) is 26.8 Å². The van der Waals surface area contributed by atoms with Gasteiger partial charge in [0.2, 0.25) is 0 Å². The molecule has 2 aromatic rings. The van der Waals surface area contributed by atoms with E-state index in [-0.39, 0.29) is 22.9 Å². The number of nitrogens with one attached hydrogen (secondary N) is 1. The van der Waals surface area contributed by atoms with Gasteiger partial charge in [0.25, 0.3) is 5.91 Å². The van der Waals surface area contributed by atoms with E-state index in [2.05, 4.69) is 10.4 Å². The lowest BCUT2D eigenvalue weighted by Gasteiger charge is -2.30. The number of rotatable bonds is 4. The van der Waals surface area contributed by atoms with Crippen LogP contribution in [0.5, 0.6) is 0 Å². The molecule has 1 aromatic carbocycles. The van der Waals surface area contributed by atoms with Crippen molar-refractivity contribution in [3.63, 3.8) is 0 Å². The maximum atomic E-state index is 12.5. The average Bonchev–Trinajstić information content (AvgIpc) is 2.89. The lowest BCUT2D eigenvalue weighted by molar-refractivity contribution is 0.0697. The summed E-state index contributed by atoms with van der Waals surface area (Å²) in [7, 11) is 1.82. The van der Waals surface area contributed by atoms with Gasteiger partial charge in [0.15, 0.2) is 0 Å². The van der Waals surface area contributed by atoms with Gasteiger partial charge >= 0.3 is 5.97 Å². The molecule has 0 saturated carbocycles. The monoisotopic (exact) mass is 315 g/mol. The van der Waals surface area contributed by atoms with E-state index in [0.29, 0.717) is 5.56 Å². The number of carbonyl (C=O) groups excluding carboxylic acids is 1. The Kier molecular flexibility index (Phi) is 4.54. The number of benzene rings is 1. The van der Waals surface area contributed by atoms with Crippen molar-refractivity contribution in [2.24, 2.45) is 12.5 Å². The fourth-order valence-corrected chi connectivity index (χ4v) is 2.40. The molecule has 6 heteroatoms. The highest BCUT2D eigenvalue weighted by Crippen LogP contribution is 2.32. The van der Waals surface area contributed by atoms with Gasteiger partial charge in [-0.25, -0.2) is 4.79 Å². The van der Waals surface area contributed by atoms with Crippen LogP contribution in [0.4, 0.5) is 0 Å². The van der Waals surface area contributed by atoms with E-state index < -0.39 is 5.97 Å². The van der Waals surface area contributed by atoms with E-state index in [1.54, 1.807) is 23.0 Å². The number of aromatic carboxylic acids is 1. The summed E-state index contributed by atoms with van der Waals surface area (Å²) in [6, 6.07) is 5.76. The van der Waals surface area contributed by atoms with Crippen LogP contribution in [0.1, 0.15) is 53.1 Å². The van der Waals surface area contributed by atoms with Crippen molar-refractivity contribution in [2.75, 3.05) is 0 Å². The minimum Gasteiger partial charge on any atom is -0.478 e. The number of aryl methyl sites for hydroxylation is 1. The predicted octanol–water partition coefficient (Wildman–Crippen LogP) is 2.64. The largest absolute Gasteiger partial charge is 0.478 e. The van der Waals surface area contributed by atoms with Gasteiger partial charge in [-0.05, 0) is 23.6 Å². The molecule has 0 bridgehead atoms. The van der Waals surface area contributed by atoms with E-state index >= 15 is 0 Å². The summed E-state index contributed by atoms with van der Waals surface area (Å²) in [6.45, 7) is 6.08. The third kappa shape index (κ3) is 3.97. The van der Waals surface area contributed by atoms with Gasteiger partial charge < -0.3 is 10.4 Å². The summed E-state index contributed by atoms with van der Waals surface area (Å²) in [4.78, 5) is 23.6. The van der Waals surface area contributed by atoms with Crippen molar-refractivity contribution >= 4 is 11.9 Å². The van der Waals surface area contributed by atoms with Crippen LogP contribution in [0.3, 0.4) is 0 Å². The Balaban J connectivity index is 2.28. The summed E-state index contributed by atoms with van der Waals surface area (Å²) < 4.78 is 1.69. The summed E-state index contributed by atoms with van der Waals surface area (Å²) in [5, 5.41) is 16.2. The number of carboxylic acids is 1. The Labute approximate surface area is 135 Å². The Morgan fingerprint density at radius 2 is 1.91 bits per heavy atom. The molecule has 0 spiro atoms. The maximum Gasteiger partial charge on any atom is 0.335 e. The standard InChI is InChI=1S/C17H21N3O3/c1-17(2,3)14(13-9-18-20(4)10-13)19-15(21)11-6-5-7-12(8-11)16(22)23/h5-10,14H,1-4H3,(H,19,21)(H,22,23). The Morgan fingerprint density at radius 3 is 2.43 bits per heavy atom. The van der Waals surface area contributed by atoms with Crippen molar-refractivity contribution in [1.82, 2.24) is 15.1 Å². The quantitative estimate of drug-likeness (QED) is 0.908. The Hall–Kier alpha value is -2.63. The number of hydrogen-bond donors (Lipinski definition) is 2. The van der Waals surface area contributed by atoms with Crippen molar-refractivity contribution in [2.45, 2.75) is 26.8 Å². The van der Waals surface area contributed by atoms with E-state index in [4.69, 9.17) is 5.11 Å². The summed E-state index contributed by atoms with van der Waals surface area (Å²) >= 11 is 0. The molecule has 1 unspecified atom stereocenters. The molecule has 122 valence electrons. The topological polar surface area (TPSA) is 84.2 Å². The second-order valence-electron chi connectivity index (χ2n) is 6.61. The van der Waals surface area contributed by atoms with Crippen molar-refractivity contribution in [1.29, 1.82) is 0 Å². The minimum atomic E-state index is -1.06. The van der Waals surface area contributed by atoms with Gasteiger partial charge in [0.05, 0.1) is 17.8 Å². The second kappa shape index (κ2) is 6.24. The van der Waals surface area contributed by atoms with E-state index in [1.165, 1.54) is 12.1 Å². The van der Waals surface area contributed by atoms with Gasteiger partial charge in [-0.3, -0.25) is 9.48 Å². The summed E-state index contributed by atoms with van der Waals surface area (Å²) in [6.07, 6.45) is 3.59. The van der Waals surface area contributed by atoms with Crippen LogP contribution in [0.2, 0.25) is 0 Å². The smallest absolute Gasteiger partial charge is 0.335 e. The zero-order chi connectivity index (χ0) is 17.2. The number of carboxylic acid groups (broad SMARTS) is 1. The number of carbonyl (C=O) groups is 2. The normalized spacial score (nSPS) is 12.7. The summed E-state index contributed by atoms with van der Waals surface area (Å²) in [5.41, 5.74) is 1.10. The molecule has 0 aliphatic rings. The Bertz CT molecular complexity index is 729. The fourth-order valence-electron chi connectivity index (χ4n) is 2.40. The van der Waals surface area contributed by atoms with Crippen molar-refractivity contribution in [3.05, 3.63) is 53.3 Å². The molecule has 0 radical (unpaired) electrons. The molecule has 0 saturated heterocycles. The lowest BCUT2D eigenvalue weighted by Crippen LogP contribution is -2.36. The molecule has 6 nitrogen and oxygen atoms in total. The fraction of sp³-hybridized carbons (Fsp3) is 0.353. The van der Waals surface area contributed by atoms with E-state index in [0.717, 1.165) is 5.56 Å². The number of aromatic nitrogens is 2. The highest BCUT2D eigenvalue weighted by atomic mass is 16.4. The molecule has 2 rings (SSSR count). The molecule has 1 amide bonds. The van der Waals surface area contributed by atoms with Gasteiger partial charge in [0, 0.05) is 24.4 Å². The van der Waals surface area contributed by atoms with Crippen LogP contribution in [-0.4, -0.2) is 26.8 Å². The molecule has 1 aromatic heterocycles. The third-order valence-electron chi connectivity index (χ3n) is 3.57. The first-order chi connectivity index (χ1) is 10.7. The Morgan fingerprint density at radius 1 is 1.26 bits per heavy atom. The first-order valence-corrected chi connectivity index (χ1v) is 7.31. The highest BCUT2D eigenvalue weighted by Gasteiger charge is 2.29. The lowest BCUT2D eigenvalue weighted by atomic mass is 9.83. The van der Waals surface area contributed by atoms with Crippen LogP contribution in [0.15, 0.2) is 36.7 Å². The van der Waals surface area contributed by atoms with Crippen LogP contribution < -0.4 is 5.32 Å². The van der Waals surface area contributed by atoms with Crippen LogP contribution >= 0.6 is 0 Å². The maximum absolute atomic E-state index is 12.5. The number of nitrogens with zero attached hydrogens (tertiary/aromatic N) is 2. The van der Waals surface area contributed by atoms with E-state index in [9.17, 15) is 9.59 Å². The van der Waals surface area contributed by atoms with Crippen LogP contribution in [0, 0.1) is 5.41 Å². The number of hydrogen-bond acceptors (Lipinski definition) is 3. The number of amides is 1. The van der Waals surface area contributed by atoms with Crippen LogP contribution in [-0.2, 0) is 7.05 Å². The molecule has 1 atom stereocenters. The van der Waals surface area contributed by atoms with Gasteiger partial charge in [-0.15, -0.1) is 0 Å². The molecule has 0 aliphatic heterocycles. The van der Waals surface area contributed by atoms with E-state index in [1.807, 2.05) is 34.0 Å². The molecule has 23 heavy (non-hydrogen) atoms. The molecule has 1 heterocycles. The highest BCUT2D eigenvalue weighted by molar-refractivity contribution is 5.97. The van der Waals surface area contributed by atoms with Gasteiger partial charge in [0.1, 0.15) is 0 Å². The first-order valence-electron chi connectivity index (χ1n) is 7.31. The minimum absolute atomic E-state index is 0.0892. The molecule has 2 N–H and O–H groups in total. The van der Waals surface area contributed by atoms with Crippen molar-refractivity contribution in [3.8, 4) is 0 Å². The zero-order valence-electron chi connectivity index (χ0n) is 13.7. The predicted molar refractivity (Wildman–Crippen MR) is 86.3 cm³/mol. The molecule has 0 fully saturated rings. The molecular weight excluding hydrogens is 294 g/mol. The molecular formula is C17H21N3O3. The SMILES string of the molecule is Cn1cc(C(NC(=O)c2cccc(C(=O)O)c2)C(C)(C)C)cn1. The molecule has 0 aliphatic carbocycles. The first kappa shape index (κ1) is 16.7. The van der Waals surface area contributed by atoms with Crippen molar-refractivity contribution < 1.29 is 14.7 Å². The average molecular weight is 315 g/mol. The second-order valence-corrected chi connectivity index (χ2v) is 6.61. The zero-order valence-corrected chi connectivity index (χ0v) is 13.7. The summed E-state index contributed by atoms with van der Waals surface area (Å²) in [5.74, 6) is -1.36. The van der Waals surface area contributed by atoms with Crippen LogP contribution in [0.25, 0.3) is 0 Å². The third-order valence-corrected chi connectivity index (χ3v) is 3.57.